The summed E-state index contributed by atoms with van der Waals surface area (Å²) in [6.07, 6.45) is 9.57. The maximum atomic E-state index is 11.6. The van der Waals surface area contributed by atoms with E-state index in [4.69, 9.17) is 0 Å². The third-order valence-corrected chi connectivity index (χ3v) is 4.88. The SMILES string of the molecule is CC(CCC1CCCC1)Nc1nn2c(=O)ccnc2s1. The smallest absolute Gasteiger partial charge is 0.275 e. The van der Waals surface area contributed by atoms with Crippen molar-refractivity contribution in [1.29, 1.82) is 0 Å². The van der Waals surface area contributed by atoms with Crippen LogP contribution < -0.4 is 10.9 Å². The monoisotopic (exact) mass is 292 g/mol. The fourth-order valence-electron chi connectivity index (χ4n) is 2.87. The van der Waals surface area contributed by atoms with Crippen LogP contribution in [0.3, 0.4) is 0 Å². The van der Waals surface area contributed by atoms with E-state index in [1.165, 1.54) is 60.2 Å². The summed E-state index contributed by atoms with van der Waals surface area (Å²) in [7, 11) is 0. The van der Waals surface area contributed by atoms with Gasteiger partial charge in [-0.1, -0.05) is 37.0 Å². The molecular formula is C14H20N4OS. The van der Waals surface area contributed by atoms with E-state index in [1.54, 1.807) is 0 Å². The van der Waals surface area contributed by atoms with E-state index in [0.717, 1.165) is 17.5 Å². The van der Waals surface area contributed by atoms with Crippen LogP contribution in [0.25, 0.3) is 4.96 Å². The molecular weight excluding hydrogens is 272 g/mol. The summed E-state index contributed by atoms with van der Waals surface area (Å²) >= 11 is 1.43. The standard InChI is InChI=1S/C14H20N4OS/c1-10(6-7-11-4-2-3-5-11)16-13-17-18-12(19)8-9-15-14(18)20-13/h8-11H,2-7H2,1H3,(H,16,17). The first-order chi connectivity index (χ1) is 9.72. The van der Waals surface area contributed by atoms with Crippen LogP contribution in [-0.4, -0.2) is 20.6 Å². The molecule has 2 heterocycles. The largest absolute Gasteiger partial charge is 0.358 e. The quantitative estimate of drug-likeness (QED) is 0.920. The van der Waals surface area contributed by atoms with Crippen LogP contribution in [-0.2, 0) is 0 Å². The van der Waals surface area contributed by atoms with Gasteiger partial charge in [0, 0.05) is 18.3 Å². The van der Waals surface area contributed by atoms with E-state index >= 15 is 0 Å². The Balaban J connectivity index is 1.60. The summed E-state index contributed by atoms with van der Waals surface area (Å²) in [5, 5.41) is 8.45. The number of nitrogens with zero attached hydrogens (tertiary/aromatic N) is 3. The lowest BCUT2D eigenvalue weighted by Crippen LogP contribution is -2.17. The van der Waals surface area contributed by atoms with E-state index in [0.29, 0.717) is 11.0 Å². The molecule has 3 rings (SSSR count). The fraction of sp³-hybridized carbons (Fsp3) is 0.643. The molecule has 2 aromatic rings. The average Bonchev–Trinajstić information content (AvgIpc) is 3.05. The van der Waals surface area contributed by atoms with Gasteiger partial charge in [0.05, 0.1) is 0 Å². The Morgan fingerprint density at radius 1 is 1.50 bits per heavy atom. The van der Waals surface area contributed by atoms with Crippen molar-refractivity contribution in [2.45, 2.75) is 51.5 Å². The Labute approximate surface area is 122 Å². The molecule has 0 aliphatic heterocycles. The predicted molar refractivity (Wildman–Crippen MR) is 81.4 cm³/mol. The lowest BCUT2D eigenvalue weighted by molar-refractivity contribution is 0.467. The van der Waals surface area contributed by atoms with Crippen molar-refractivity contribution in [2.75, 3.05) is 5.32 Å². The first-order valence-electron chi connectivity index (χ1n) is 7.34. The Hall–Kier alpha value is -1.43. The number of hydrogen-bond donors (Lipinski definition) is 1. The second kappa shape index (κ2) is 5.91. The normalized spacial score (nSPS) is 17.6. The molecule has 108 valence electrons. The molecule has 1 unspecified atom stereocenters. The van der Waals surface area contributed by atoms with Crippen molar-refractivity contribution in [3.63, 3.8) is 0 Å². The van der Waals surface area contributed by atoms with Gasteiger partial charge in [0.15, 0.2) is 0 Å². The van der Waals surface area contributed by atoms with Crippen molar-refractivity contribution < 1.29 is 0 Å². The zero-order valence-electron chi connectivity index (χ0n) is 11.7. The van der Waals surface area contributed by atoms with Gasteiger partial charge in [0.1, 0.15) is 0 Å². The molecule has 5 nitrogen and oxygen atoms in total. The maximum Gasteiger partial charge on any atom is 0.275 e. The molecule has 0 radical (unpaired) electrons. The van der Waals surface area contributed by atoms with Gasteiger partial charge in [0.2, 0.25) is 10.1 Å². The zero-order valence-corrected chi connectivity index (χ0v) is 12.5. The van der Waals surface area contributed by atoms with Crippen LogP contribution in [0, 0.1) is 5.92 Å². The van der Waals surface area contributed by atoms with Crippen LogP contribution in [0.1, 0.15) is 45.4 Å². The molecule has 1 saturated carbocycles. The summed E-state index contributed by atoms with van der Waals surface area (Å²) in [5.41, 5.74) is -0.127. The highest BCUT2D eigenvalue weighted by Gasteiger charge is 2.16. The number of anilines is 1. The van der Waals surface area contributed by atoms with Crippen LogP contribution >= 0.6 is 11.3 Å². The van der Waals surface area contributed by atoms with Crippen LogP contribution in [0.2, 0.25) is 0 Å². The molecule has 0 saturated heterocycles. The van der Waals surface area contributed by atoms with Gasteiger partial charge in [-0.15, -0.1) is 5.10 Å². The number of rotatable bonds is 5. The zero-order chi connectivity index (χ0) is 13.9. The molecule has 0 amide bonds. The second-order valence-electron chi connectivity index (χ2n) is 5.66. The van der Waals surface area contributed by atoms with Crippen LogP contribution in [0.4, 0.5) is 5.13 Å². The lowest BCUT2D eigenvalue weighted by atomic mass is 9.99. The third kappa shape index (κ3) is 3.00. The minimum atomic E-state index is -0.127. The highest BCUT2D eigenvalue weighted by atomic mass is 32.1. The topological polar surface area (TPSA) is 59.3 Å². The highest BCUT2D eigenvalue weighted by molar-refractivity contribution is 7.20. The first-order valence-corrected chi connectivity index (χ1v) is 8.15. The Morgan fingerprint density at radius 2 is 2.30 bits per heavy atom. The summed E-state index contributed by atoms with van der Waals surface area (Å²) in [6.45, 7) is 2.18. The number of hydrogen-bond acceptors (Lipinski definition) is 5. The van der Waals surface area contributed by atoms with Crippen molar-refractivity contribution in [3.8, 4) is 0 Å². The number of fused-ring (bicyclic) bond motifs is 1. The Bertz CT molecular complexity index is 629. The van der Waals surface area contributed by atoms with E-state index < -0.39 is 0 Å². The van der Waals surface area contributed by atoms with E-state index in [2.05, 4.69) is 22.3 Å². The summed E-state index contributed by atoms with van der Waals surface area (Å²) in [6, 6.07) is 1.81. The molecule has 20 heavy (non-hydrogen) atoms. The molecule has 1 atom stereocenters. The molecule has 1 fully saturated rings. The molecule has 2 aromatic heterocycles. The van der Waals surface area contributed by atoms with Crippen molar-refractivity contribution >= 4 is 21.4 Å². The van der Waals surface area contributed by atoms with Gasteiger partial charge < -0.3 is 5.32 Å². The Morgan fingerprint density at radius 3 is 3.05 bits per heavy atom. The summed E-state index contributed by atoms with van der Waals surface area (Å²) in [5.74, 6) is 0.916. The molecule has 0 bridgehead atoms. The van der Waals surface area contributed by atoms with Crippen molar-refractivity contribution in [1.82, 2.24) is 14.6 Å². The Kier molecular flexibility index (Phi) is 4.00. The lowest BCUT2D eigenvalue weighted by Gasteiger charge is -2.15. The minimum Gasteiger partial charge on any atom is -0.358 e. The van der Waals surface area contributed by atoms with Gasteiger partial charge in [0.25, 0.3) is 5.56 Å². The van der Waals surface area contributed by atoms with Gasteiger partial charge in [-0.2, -0.15) is 4.52 Å². The molecule has 6 heteroatoms. The first kappa shape index (κ1) is 13.5. The maximum absolute atomic E-state index is 11.6. The predicted octanol–water partition coefficient (Wildman–Crippen LogP) is 2.92. The summed E-state index contributed by atoms with van der Waals surface area (Å²) < 4.78 is 1.36. The minimum absolute atomic E-state index is 0.127. The van der Waals surface area contributed by atoms with Gasteiger partial charge >= 0.3 is 0 Å². The van der Waals surface area contributed by atoms with Crippen molar-refractivity contribution in [2.24, 2.45) is 5.92 Å². The second-order valence-corrected chi connectivity index (χ2v) is 6.61. The van der Waals surface area contributed by atoms with E-state index in [9.17, 15) is 4.79 Å². The number of aromatic nitrogens is 3. The van der Waals surface area contributed by atoms with Crippen LogP contribution in [0.15, 0.2) is 17.1 Å². The van der Waals surface area contributed by atoms with Crippen molar-refractivity contribution in [3.05, 3.63) is 22.6 Å². The highest BCUT2D eigenvalue weighted by Crippen LogP contribution is 2.29. The molecule has 0 aromatic carbocycles. The van der Waals surface area contributed by atoms with Gasteiger partial charge in [-0.3, -0.25) is 4.79 Å². The molecule has 1 N–H and O–H groups in total. The molecule has 0 spiro atoms. The van der Waals surface area contributed by atoms with Gasteiger partial charge in [-0.25, -0.2) is 4.98 Å². The average molecular weight is 292 g/mol. The third-order valence-electron chi connectivity index (χ3n) is 4.02. The van der Waals surface area contributed by atoms with Gasteiger partial charge in [-0.05, 0) is 25.7 Å². The van der Waals surface area contributed by atoms with E-state index in [1.807, 2.05) is 0 Å². The fourth-order valence-corrected chi connectivity index (χ4v) is 3.76. The number of nitrogens with one attached hydrogen (secondary N) is 1. The van der Waals surface area contributed by atoms with E-state index in [-0.39, 0.29) is 5.56 Å². The molecule has 1 aliphatic rings. The molecule has 1 aliphatic carbocycles. The van der Waals surface area contributed by atoms with Crippen LogP contribution in [0.5, 0.6) is 0 Å². The summed E-state index contributed by atoms with van der Waals surface area (Å²) in [4.78, 5) is 16.4.